The maximum Gasteiger partial charge on any atom is 0.254 e. The van der Waals surface area contributed by atoms with Crippen molar-refractivity contribution in [3.05, 3.63) is 59.9 Å². The number of amides is 2. The van der Waals surface area contributed by atoms with Crippen LogP contribution < -0.4 is 10.6 Å². The van der Waals surface area contributed by atoms with E-state index < -0.39 is 10.0 Å². The third-order valence-corrected chi connectivity index (χ3v) is 7.67. The lowest BCUT2D eigenvalue weighted by molar-refractivity contribution is -0.114. The van der Waals surface area contributed by atoms with E-state index in [1.807, 2.05) is 18.3 Å². The molecule has 9 nitrogen and oxygen atoms in total. The smallest absolute Gasteiger partial charge is 0.254 e. The Morgan fingerprint density at radius 3 is 2.41 bits per heavy atom. The maximum absolute atomic E-state index is 13.0. The Labute approximate surface area is 186 Å². The lowest BCUT2D eigenvalue weighted by Crippen LogP contribution is -2.37. The predicted octanol–water partition coefficient (Wildman–Crippen LogP) is 2.22. The van der Waals surface area contributed by atoms with Gasteiger partial charge in [-0.1, -0.05) is 0 Å². The molecule has 2 amide bonds. The molecule has 1 saturated heterocycles. The summed E-state index contributed by atoms with van der Waals surface area (Å²) in [5.74, 6) is -0.206. The van der Waals surface area contributed by atoms with Crippen molar-refractivity contribution >= 4 is 33.0 Å². The molecular formula is C22H25N5O4S. The monoisotopic (exact) mass is 455 g/mol. The molecule has 4 rings (SSSR count). The zero-order valence-corrected chi connectivity index (χ0v) is 18.7. The van der Waals surface area contributed by atoms with Crippen molar-refractivity contribution in [3.8, 4) is 0 Å². The van der Waals surface area contributed by atoms with Crippen LogP contribution in [0.2, 0.25) is 0 Å². The van der Waals surface area contributed by atoms with Gasteiger partial charge in [-0.15, -0.1) is 0 Å². The Morgan fingerprint density at radius 2 is 1.78 bits per heavy atom. The van der Waals surface area contributed by atoms with Crippen LogP contribution in [-0.4, -0.2) is 54.3 Å². The molecule has 0 bridgehead atoms. The number of hydrogen-bond acceptors (Lipinski definition) is 5. The Bertz CT molecular complexity index is 1260. The third kappa shape index (κ3) is 4.23. The summed E-state index contributed by atoms with van der Waals surface area (Å²) in [7, 11) is -2.02. The minimum atomic E-state index is -3.61. The number of fused-ring (bicyclic) bond motifs is 1. The van der Waals surface area contributed by atoms with Crippen LogP contribution in [-0.2, 0) is 14.8 Å². The first-order valence-corrected chi connectivity index (χ1v) is 11.8. The molecule has 1 fully saturated rings. The van der Waals surface area contributed by atoms with Gasteiger partial charge in [-0.05, 0) is 60.7 Å². The van der Waals surface area contributed by atoms with Crippen molar-refractivity contribution in [2.24, 2.45) is 0 Å². The highest BCUT2D eigenvalue weighted by Gasteiger charge is 2.30. The predicted molar refractivity (Wildman–Crippen MR) is 120 cm³/mol. The number of nitrogens with zero attached hydrogens (tertiary/aromatic N) is 3. The molecule has 0 spiro atoms. The topological polar surface area (TPSA) is 113 Å². The Balaban J connectivity index is 1.48. The molecule has 2 N–H and O–H groups in total. The molecular weight excluding hydrogens is 430 g/mol. The standard InChI is InChI=1S/C22H25N5O4S/c1-15(28)25-18-3-5-19(6-4-18)32(30,31)26-10-7-16(8-11-26)17-9-12-27-21(13-17)20(14-24-27)22(29)23-2/h3-6,9,12-14,16H,7-8,10-11H2,1-2H3,(H,23,29)(H,25,28). The highest BCUT2D eigenvalue weighted by molar-refractivity contribution is 7.89. The zero-order valence-electron chi connectivity index (χ0n) is 17.9. The second-order valence-electron chi connectivity index (χ2n) is 7.81. The number of sulfonamides is 1. The van der Waals surface area contributed by atoms with E-state index in [4.69, 9.17) is 0 Å². The molecule has 32 heavy (non-hydrogen) atoms. The lowest BCUT2D eigenvalue weighted by atomic mass is 9.90. The van der Waals surface area contributed by atoms with E-state index in [-0.39, 0.29) is 22.6 Å². The van der Waals surface area contributed by atoms with E-state index >= 15 is 0 Å². The number of benzene rings is 1. The normalized spacial score (nSPS) is 15.6. The van der Waals surface area contributed by atoms with Gasteiger partial charge in [0, 0.05) is 38.9 Å². The van der Waals surface area contributed by atoms with E-state index in [9.17, 15) is 18.0 Å². The summed E-state index contributed by atoms with van der Waals surface area (Å²) < 4.78 is 29.2. The molecule has 0 aliphatic carbocycles. The molecule has 3 aromatic rings. The minimum absolute atomic E-state index is 0.192. The van der Waals surface area contributed by atoms with Gasteiger partial charge in [0.05, 0.1) is 22.2 Å². The van der Waals surface area contributed by atoms with Gasteiger partial charge in [0.1, 0.15) is 0 Å². The molecule has 0 saturated carbocycles. The van der Waals surface area contributed by atoms with Crippen molar-refractivity contribution in [2.45, 2.75) is 30.6 Å². The highest BCUT2D eigenvalue weighted by atomic mass is 32.2. The molecule has 0 atom stereocenters. The van der Waals surface area contributed by atoms with E-state index in [2.05, 4.69) is 15.7 Å². The lowest BCUT2D eigenvalue weighted by Gasteiger charge is -2.31. The van der Waals surface area contributed by atoms with Gasteiger partial charge in [0.25, 0.3) is 5.91 Å². The van der Waals surface area contributed by atoms with Crippen LogP contribution in [0, 0.1) is 0 Å². The van der Waals surface area contributed by atoms with Crippen molar-refractivity contribution in [2.75, 3.05) is 25.5 Å². The van der Waals surface area contributed by atoms with Crippen LogP contribution in [0.1, 0.15) is 41.6 Å². The number of hydrogen-bond donors (Lipinski definition) is 2. The molecule has 1 aliphatic rings. The highest BCUT2D eigenvalue weighted by Crippen LogP contribution is 2.32. The summed E-state index contributed by atoms with van der Waals surface area (Å²) in [6.45, 7) is 2.22. The fourth-order valence-corrected chi connectivity index (χ4v) is 5.52. The summed E-state index contributed by atoms with van der Waals surface area (Å²) >= 11 is 0. The Kier molecular flexibility index (Phi) is 5.98. The molecule has 1 aromatic carbocycles. The molecule has 168 valence electrons. The summed E-state index contributed by atoms with van der Waals surface area (Å²) in [6, 6.07) is 10.1. The number of carbonyl (C=O) groups excluding carboxylic acids is 2. The Morgan fingerprint density at radius 1 is 1.09 bits per heavy atom. The Hall–Kier alpha value is -3.24. The second kappa shape index (κ2) is 8.71. The quantitative estimate of drug-likeness (QED) is 0.613. The SMILES string of the molecule is CNC(=O)c1cnn2ccc(C3CCN(S(=O)(=O)c4ccc(NC(C)=O)cc4)CC3)cc12. The van der Waals surface area contributed by atoms with Crippen molar-refractivity contribution < 1.29 is 18.0 Å². The average Bonchev–Trinajstić information content (AvgIpc) is 3.22. The number of rotatable bonds is 5. The van der Waals surface area contributed by atoms with Gasteiger partial charge in [0.15, 0.2) is 0 Å². The summed E-state index contributed by atoms with van der Waals surface area (Å²) in [4.78, 5) is 23.4. The van der Waals surface area contributed by atoms with Gasteiger partial charge in [-0.25, -0.2) is 12.9 Å². The van der Waals surface area contributed by atoms with Crippen LogP contribution in [0.5, 0.6) is 0 Å². The second-order valence-corrected chi connectivity index (χ2v) is 9.75. The number of piperidine rings is 1. The molecule has 0 radical (unpaired) electrons. The zero-order chi connectivity index (χ0) is 22.9. The summed E-state index contributed by atoms with van der Waals surface area (Å²) in [6.07, 6.45) is 4.74. The summed E-state index contributed by atoms with van der Waals surface area (Å²) in [5.41, 5.74) is 2.87. The van der Waals surface area contributed by atoms with Crippen LogP contribution in [0.4, 0.5) is 5.69 Å². The maximum atomic E-state index is 13.0. The van der Waals surface area contributed by atoms with Gasteiger partial charge in [-0.3, -0.25) is 9.59 Å². The van der Waals surface area contributed by atoms with E-state index in [1.165, 1.54) is 23.4 Å². The fraction of sp³-hybridized carbons (Fsp3) is 0.318. The first kappa shape index (κ1) is 22.0. The summed E-state index contributed by atoms with van der Waals surface area (Å²) in [5, 5.41) is 9.48. The number of carbonyl (C=O) groups is 2. The largest absolute Gasteiger partial charge is 0.355 e. The van der Waals surface area contributed by atoms with Gasteiger partial charge < -0.3 is 10.6 Å². The molecule has 3 heterocycles. The van der Waals surface area contributed by atoms with Gasteiger partial charge >= 0.3 is 0 Å². The van der Waals surface area contributed by atoms with Gasteiger partial charge in [-0.2, -0.15) is 9.40 Å². The molecule has 0 unspecified atom stereocenters. The minimum Gasteiger partial charge on any atom is -0.355 e. The third-order valence-electron chi connectivity index (χ3n) is 5.76. The molecule has 10 heteroatoms. The first-order valence-electron chi connectivity index (χ1n) is 10.4. The van der Waals surface area contributed by atoms with Gasteiger partial charge in [0.2, 0.25) is 15.9 Å². The van der Waals surface area contributed by atoms with Crippen LogP contribution >= 0.6 is 0 Å². The average molecular weight is 456 g/mol. The van der Waals surface area contributed by atoms with Crippen LogP contribution in [0.15, 0.2) is 53.7 Å². The first-order chi connectivity index (χ1) is 15.3. The van der Waals surface area contributed by atoms with E-state index in [0.29, 0.717) is 37.2 Å². The van der Waals surface area contributed by atoms with Crippen molar-refractivity contribution in [3.63, 3.8) is 0 Å². The van der Waals surface area contributed by atoms with E-state index in [1.54, 1.807) is 29.9 Å². The van der Waals surface area contributed by atoms with E-state index in [0.717, 1.165) is 11.1 Å². The number of aromatic nitrogens is 2. The molecule has 2 aromatic heterocycles. The van der Waals surface area contributed by atoms with Crippen LogP contribution in [0.25, 0.3) is 5.52 Å². The number of nitrogens with one attached hydrogen (secondary N) is 2. The van der Waals surface area contributed by atoms with Crippen LogP contribution in [0.3, 0.4) is 0 Å². The number of pyridine rings is 1. The van der Waals surface area contributed by atoms with Crippen molar-refractivity contribution in [1.82, 2.24) is 19.2 Å². The number of anilines is 1. The van der Waals surface area contributed by atoms with Crippen molar-refractivity contribution in [1.29, 1.82) is 0 Å². The fourth-order valence-electron chi connectivity index (χ4n) is 4.05. The molecule has 1 aliphatic heterocycles.